The summed E-state index contributed by atoms with van der Waals surface area (Å²) in [5.74, 6) is 1.81. The van der Waals surface area contributed by atoms with Crippen LogP contribution in [0, 0.1) is 0 Å². The molecule has 1 aromatic heterocycles. The van der Waals surface area contributed by atoms with E-state index in [1.807, 2.05) is 24.3 Å². The van der Waals surface area contributed by atoms with Crippen LogP contribution in [0.1, 0.15) is 26.3 Å². The normalized spacial score (nSPS) is 11.5. The van der Waals surface area contributed by atoms with Crippen molar-refractivity contribution < 1.29 is 4.74 Å². The molecular formula is C19H21N3O2. The molecule has 0 saturated heterocycles. The standard InChI is InChI=1S/C19H21N3O2/c1-19(2,3)13-4-8-15(9-5-13)24-16-10-6-14(7-11-16)22-18(23)12-17(20)21-22/h4-12,21H,20H2,1-3H3. The molecule has 2 aromatic carbocycles. The molecule has 0 aliphatic heterocycles. The number of aromatic amines is 1. The molecule has 24 heavy (non-hydrogen) atoms. The first kappa shape index (κ1) is 15.9. The van der Waals surface area contributed by atoms with Crippen LogP contribution in [-0.2, 0) is 5.41 Å². The molecule has 0 saturated carbocycles. The molecule has 1 heterocycles. The first-order valence-corrected chi connectivity index (χ1v) is 7.79. The highest BCUT2D eigenvalue weighted by Gasteiger charge is 2.13. The van der Waals surface area contributed by atoms with Gasteiger partial charge in [0, 0.05) is 6.07 Å². The molecular weight excluding hydrogens is 302 g/mol. The Morgan fingerprint density at radius 3 is 1.96 bits per heavy atom. The molecule has 3 rings (SSSR count). The highest BCUT2D eigenvalue weighted by Crippen LogP contribution is 2.27. The maximum absolute atomic E-state index is 11.7. The monoisotopic (exact) mass is 323 g/mol. The predicted octanol–water partition coefficient (Wildman–Crippen LogP) is 3.84. The van der Waals surface area contributed by atoms with Gasteiger partial charge in [0.15, 0.2) is 0 Å². The molecule has 0 atom stereocenters. The van der Waals surface area contributed by atoms with Crippen LogP contribution in [0.25, 0.3) is 5.69 Å². The summed E-state index contributed by atoms with van der Waals surface area (Å²) in [4.78, 5) is 11.7. The number of nitrogens with two attached hydrogens (primary N) is 1. The zero-order valence-electron chi connectivity index (χ0n) is 14.0. The number of anilines is 1. The lowest BCUT2D eigenvalue weighted by atomic mass is 9.87. The number of aromatic nitrogens is 2. The number of benzene rings is 2. The van der Waals surface area contributed by atoms with Crippen molar-refractivity contribution in [2.24, 2.45) is 0 Å². The zero-order chi connectivity index (χ0) is 17.3. The molecule has 0 aliphatic rings. The Hall–Kier alpha value is -2.95. The van der Waals surface area contributed by atoms with Crippen molar-refractivity contribution in [3.8, 4) is 17.2 Å². The Balaban J connectivity index is 1.77. The lowest BCUT2D eigenvalue weighted by molar-refractivity contribution is 0.481. The second kappa shape index (κ2) is 5.92. The summed E-state index contributed by atoms with van der Waals surface area (Å²) in [6, 6.07) is 16.7. The summed E-state index contributed by atoms with van der Waals surface area (Å²) in [6.45, 7) is 6.53. The Bertz CT molecular complexity index is 882. The molecule has 3 aromatic rings. The molecule has 0 spiro atoms. The van der Waals surface area contributed by atoms with Crippen molar-refractivity contribution in [2.45, 2.75) is 26.2 Å². The van der Waals surface area contributed by atoms with Gasteiger partial charge in [-0.05, 0) is 47.4 Å². The Labute approximate surface area is 140 Å². The van der Waals surface area contributed by atoms with E-state index in [4.69, 9.17) is 10.5 Å². The Morgan fingerprint density at radius 2 is 1.50 bits per heavy atom. The fourth-order valence-electron chi connectivity index (χ4n) is 2.43. The molecule has 0 fully saturated rings. The minimum atomic E-state index is -0.195. The maximum atomic E-state index is 11.7. The second-order valence-electron chi connectivity index (χ2n) is 6.76. The third-order valence-electron chi connectivity index (χ3n) is 3.79. The highest BCUT2D eigenvalue weighted by molar-refractivity contribution is 5.41. The van der Waals surface area contributed by atoms with Gasteiger partial charge in [0.2, 0.25) is 0 Å². The number of nitrogens with one attached hydrogen (secondary N) is 1. The van der Waals surface area contributed by atoms with Crippen LogP contribution < -0.4 is 16.0 Å². The van der Waals surface area contributed by atoms with Crippen LogP contribution in [-0.4, -0.2) is 9.78 Å². The molecule has 0 amide bonds. The molecule has 0 unspecified atom stereocenters. The highest BCUT2D eigenvalue weighted by atomic mass is 16.5. The second-order valence-corrected chi connectivity index (χ2v) is 6.76. The zero-order valence-corrected chi connectivity index (χ0v) is 14.0. The molecule has 0 aliphatic carbocycles. The van der Waals surface area contributed by atoms with Gasteiger partial charge in [0.1, 0.15) is 17.3 Å². The van der Waals surface area contributed by atoms with Crippen LogP contribution >= 0.6 is 0 Å². The van der Waals surface area contributed by atoms with Crippen LogP contribution in [0.4, 0.5) is 5.82 Å². The van der Waals surface area contributed by atoms with Gasteiger partial charge in [-0.2, -0.15) is 0 Å². The van der Waals surface area contributed by atoms with Crippen LogP contribution in [0.5, 0.6) is 11.5 Å². The van der Waals surface area contributed by atoms with Gasteiger partial charge in [0.05, 0.1) is 5.69 Å². The van der Waals surface area contributed by atoms with Crippen molar-refractivity contribution in [3.05, 3.63) is 70.5 Å². The van der Waals surface area contributed by atoms with Gasteiger partial charge in [0.25, 0.3) is 5.56 Å². The van der Waals surface area contributed by atoms with E-state index in [0.717, 1.165) is 5.75 Å². The summed E-state index contributed by atoms with van der Waals surface area (Å²) >= 11 is 0. The van der Waals surface area contributed by atoms with E-state index in [1.165, 1.54) is 16.3 Å². The fourth-order valence-corrected chi connectivity index (χ4v) is 2.43. The SMILES string of the molecule is CC(C)(C)c1ccc(Oc2ccc(-n3[nH]c(N)cc3=O)cc2)cc1. The summed E-state index contributed by atoms with van der Waals surface area (Å²) in [6.07, 6.45) is 0. The van der Waals surface area contributed by atoms with E-state index < -0.39 is 0 Å². The topological polar surface area (TPSA) is 73.0 Å². The number of H-pyrrole nitrogens is 1. The van der Waals surface area contributed by atoms with Gasteiger partial charge < -0.3 is 10.5 Å². The van der Waals surface area contributed by atoms with E-state index >= 15 is 0 Å². The molecule has 0 bridgehead atoms. The van der Waals surface area contributed by atoms with E-state index in [2.05, 4.69) is 38.0 Å². The van der Waals surface area contributed by atoms with Crippen molar-refractivity contribution in [3.63, 3.8) is 0 Å². The smallest absolute Gasteiger partial charge is 0.273 e. The minimum Gasteiger partial charge on any atom is -0.457 e. The molecule has 3 N–H and O–H groups in total. The van der Waals surface area contributed by atoms with Crippen LogP contribution in [0.2, 0.25) is 0 Å². The van der Waals surface area contributed by atoms with Gasteiger partial charge in [-0.15, -0.1) is 0 Å². The Kier molecular flexibility index (Phi) is 3.93. The first-order chi connectivity index (χ1) is 11.3. The minimum absolute atomic E-state index is 0.116. The molecule has 5 nitrogen and oxygen atoms in total. The lowest BCUT2D eigenvalue weighted by Crippen LogP contribution is -2.13. The van der Waals surface area contributed by atoms with Crippen molar-refractivity contribution in [2.75, 3.05) is 5.73 Å². The average molecular weight is 323 g/mol. The third kappa shape index (κ3) is 3.35. The summed E-state index contributed by atoms with van der Waals surface area (Å²) < 4.78 is 7.24. The number of ether oxygens (including phenoxy) is 1. The Morgan fingerprint density at radius 1 is 0.958 bits per heavy atom. The van der Waals surface area contributed by atoms with Crippen LogP contribution in [0.3, 0.4) is 0 Å². The maximum Gasteiger partial charge on any atom is 0.273 e. The summed E-state index contributed by atoms with van der Waals surface area (Å²) in [7, 11) is 0. The number of rotatable bonds is 3. The van der Waals surface area contributed by atoms with Crippen molar-refractivity contribution in [1.82, 2.24) is 9.78 Å². The lowest BCUT2D eigenvalue weighted by Gasteiger charge is -2.19. The van der Waals surface area contributed by atoms with Gasteiger partial charge in [-0.3, -0.25) is 9.89 Å². The summed E-state index contributed by atoms with van der Waals surface area (Å²) in [5, 5.41) is 2.79. The van der Waals surface area contributed by atoms with Gasteiger partial charge in [-0.25, -0.2) is 4.68 Å². The summed E-state index contributed by atoms with van der Waals surface area (Å²) in [5.41, 5.74) is 7.47. The molecule has 124 valence electrons. The number of nitrogen functional groups attached to an aromatic ring is 1. The van der Waals surface area contributed by atoms with Crippen LogP contribution in [0.15, 0.2) is 59.4 Å². The largest absolute Gasteiger partial charge is 0.457 e. The van der Waals surface area contributed by atoms with Crippen molar-refractivity contribution in [1.29, 1.82) is 0 Å². The number of nitrogens with zero attached hydrogens (tertiary/aromatic N) is 1. The quantitative estimate of drug-likeness (QED) is 0.769. The molecule has 5 heteroatoms. The first-order valence-electron chi connectivity index (χ1n) is 7.79. The van der Waals surface area contributed by atoms with E-state index in [-0.39, 0.29) is 11.0 Å². The predicted molar refractivity (Wildman–Crippen MR) is 96.0 cm³/mol. The van der Waals surface area contributed by atoms with Gasteiger partial charge in [-0.1, -0.05) is 32.9 Å². The van der Waals surface area contributed by atoms with Crippen molar-refractivity contribution >= 4 is 5.82 Å². The van der Waals surface area contributed by atoms with E-state index in [0.29, 0.717) is 17.3 Å². The number of hydrogen-bond acceptors (Lipinski definition) is 3. The average Bonchev–Trinajstić information content (AvgIpc) is 2.86. The van der Waals surface area contributed by atoms with E-state index in [1.54, 1.807) is 12.1 Å². The molecule has 0 radical (unpaired) electrons. The number of hydrogen-bond donors (Lipinski definition) is 2. The fraction of sp³-hybridized carbons (Fsp3) is 0.211. The third-order valence-corrected chi connectivity index (χ3v) is 3.79. The van der Waals surface area contributed by atoms with E-state index in [9.17, 15) is 4.79 Å². The van der Waals surface area contributed by atoms with Gasteiger partial charge >= 0.3 is 0 Å².